The maximum Gasteiger partial charge on any atom is 0.253 e. The number of rotatable bonds is 7. The first-order valence-electron chi connectivity index (χ1n) is 12.0. The van der Waals surface area contributed by atoms with Crippen molar-refractivity contribution in [3.8, 4) is 11.5 Å². The van der Waals surface area contributed by atoms with Crippen LogP contribution in [-0.4, -0.2) is 41.0 Å². The minimum absolute atomic E-state index is 0.0283. The number of carbonyl (C=O) groups is 1. The van der Waals surface area contributed by atoms with Crippen LogP contribution < -0.4 is 9.47 Å². The predicted octanol–water partition coefficient (Wildman–Crippen LogP) is 5.31. The number of hydrogen-bond donors (Lipinski definition) is 0. The zero-order chi connectivity index (χ0) is 24.0. The summed E-state index contributed by atoms with van der Waals surface area (Å²) in [5, 5.41) is 1.18. The van der Waals surface area contributed by atoms with Gasteiger partial charge >= 0.3 is 0 Å². The molecule has 3 heterocycles. The molecule has 4 aromatic rings. The van der Waals surface area contributed by atoms with Crippen molar-refractivity contribution in [3.63, 3.8) is 0 Å². The predicted molar refractivity (Wildman–Crippen MR) is 136 cm³/mol. The van der Waals surface area contributed by atoms with Gasteiger partial charge in [0.2, 0.25) is 0 Å². The van der Waals surface area contributed by atoms with Gasteiger partial charge in [-0.15, -0.1) is 0 Å². The van der Waals surface area contributed by atoms with E-state index in [1.165, 1.54) is 10.9 Å². The van der Waals surface area contributed by atoms with E-state index in [9.17, 15) is 4.79 Å². The van der Waals surface area contributed by atoms with Crippen LogP contribution in [0.5, 0.6) is 11.5 Å². The van der Waals surface area contributed by atoms with Gasteiger partial charge in [0.15, 0.2) is 11.5 Å². The smallest absolute Gasteiger partial charge is 0.253 e. The van der Waals surface area contributed by atoms with Crippen molar-refractivity contribution in [2.45, 2.75) is 25.9 Å². The highest BCUT2D eigenvalue weighted by atomic mass is 16.5. The number of likely N-dealkylation sites (tertiary alicyclic amines) is 1. The molecular formula is C29H29N3O3. The molecule has 6 nitrogen and oxygen atoms in total. The third kappa shape index (κ3) is 5.27. The van der Waals surface area contributed by atoms with E-state index < -0.39 is 0 Å². The minimum atomic E-state index is 0.0283. The summed E-state index contributed by atoms with van der Waals surface area (Å²) in [7, 11) is 1.60. The highest BCUT2D eigenvalue weighted by molar-refractivity contribution is 5.95. The van der Waals surface area contributed by atoms with Gasteiger partial charge in [-0.3, -0.25) is 14.8 Å². The summed E-state index contributed by atoms with van der Waals surface area (Å²) in [6.07, 6.45) is 6.54. The Labute approximate surface area is 205 Å². The van der Waals surface area contributed by atoms with E-state index in [2.05, 4.69) is 34.2 Å². The summed E-state index contributed by atoms with van der Waals surface area (Å²) in [6, 6.07) is 21.5. The van der Waals surface area contributed by atoms with E-state index in [4.69, 9.17) is 9.47 Å². The monoisotopic (exact) mass is 467 g/mol. The number of para-hydroxylation sites is 1. The number of methoxy groups -OCH3 is 1. The van der Waals surface area contributed by atoms with Gasteiger partial charge in [-0.2, -0.15) is 0 Å². The highest BCUT2D eigenvalue weighted by Crippen LogP contribution is 2.31. The van der Waals surface area contributed by atoms with E-state index in [1.54, 1.807) is 25.4 Å². The third-order valence-electron chi connectivity index (χ3n) is 6.64. The van der Waals surface area contributed by atoms with E-state index >= 15 is 0 Å². The zero-order valence-electron chi connectivity index (χ0n) is 19.9. The van der Waals surface area contributed by atoms with Crippen molar-refractivity contribution in [2.75, 3.05) is 20.2 Å². The van der Waals surface area contributed by atoms with Crippen LogP contribution in [0, 0.1) is 5.92 Å². The van der Waals surface area contributed by atoms with Crippen LogP contribution in [0.2, 0.25) is 0 Å². The maximum absolute atomic E-state index is 13.3. The molecule has 0 N–H and O–H groups in total. The second kappa shape index (κ2) is 10.6. The van der Waals surface area contributed by atoms with Gasteiger partial charge in [-0.05, 0) is 67.1 Å². The molecule has 1 aliphatic heterocycles. The van der Waals surface area contributed by atoms with Crippen LogP contribution >= 0.6 is 0 Å². The van der Waals surface area contributed by atoms with Gasteiger partial charge in [0, 0.05) is 36.4 Å². The first kappa shape index (κ1) is 22.8. The number of piperidine rings is 1. The molecule has 0 aliphatic carbocycles. The van der Waals surface area contributed by atoms with E-state index in [0.717, 1.165) is 43.6 Å². The molecule has 5 rings (SSSR count). The molecule has 0 spiro atoms. The molecule has 1 fully saturated rings. The van der Waals surface area contributed by atoms with Crippen LogP contribution in [-0.2, 0) is 13.0 Å². The molecule has 0 radical (unpaired) electrons. The summed E-state index contributed by atoms with van der Waals surface area (Å²) in [4.78, 5) is 24.1. The molecule has 2 aromatic carbocycles. The standard InChI is InChI=1S/C29H29N3O3/c1-34-26-11-10-24(19-27(26)35-20-25-9-2-3-14-30-25)29(33)32-16-12-21(13-17-32)18-23-7-4-6-22-8-5-15-31-28(22)23/h2-11,14-15,19,21H,12-13,16-18,20H2,1H3. The lowest BCUT2D eigenvalue weighted by atomic mass is 9.89. The van der Waals surface area contributed by atoms with Gasteiger partial charge in [-0.1, -0.05) is 30.3 Å². The van der Waals surface area contributed by atoms with Gasteiger partial charge in [0.25, 0.3) is 5.91 Å². The molecule has 0 saturated carbocycles. The quantitative estimate of drug-likeness (QED) is 0.368. The fourth-order valence-electron chi connectivity index (χ4n) is 4.72. The van der Waals surface area contributed by atoms with Gasteiger partial charge in [-0.25, -0.2) is 0 Å². The highest BCUT2D eigenvalue weighted by Gasteiger charge is 2.25. The lowest BCUT2D eigenvalue weighted by Crippen LogP contribution is -2.38. The Morgan fingerprint density at radius 1 is 0.943 bits per heavy atom. The largest absolute Gasteiger partial charge is 0.493 e. The number of ether oxygens (including phenoxy) is 2. The molecule has 6 heteroatoms. The van der Waals surface area contributed by atoms with Crippen molar-refractivity contribution < 1.29 is 14.3 Å². The Morgan fingerprint density at radius 3 is 2.57 bits per heavy atom. The van der Waals surface area contributed by atoms with Crippen LogP contribution in [0.1, 0.15) is 34.5 Å². The third-order valence-corrected chi connectivity index (χ3v) is 6.64. The minimum Gasteiger partial charge on any atom is -0.493 e. The molecule has 35 heavy (non-hydrogen) atoms. The summed E-state index contributed by atoms with van der Waals surface area (Å²) < 4.78 is 11.4. The number of hydrogen-bond acceptors (Lipinski definition) is 5. The molecule has 0 atom stereocenters. The van der Waals surface area contributed by atoms with E-state index in [1.807, 2.05) is 41.4 Å². The van der Waals surface area contributed by atoms with Crippen molar-refractivity contribution in [1.82, 2.24) is 14.9 Å². The topological polar surface area (TPSA) is 64.5 Å². The SMILES string of the molecule is COc1ccc(C(=O)N2CCC(Cc3cccc4cccnc34)CC2)cc1OCc1ccccn1. The lowest BCUT2D eigenvalue weighted by Gasteiger charge is -2.32. The average Bonchev–Trinajstić information content (AvgIpc) is 2.92. The number of pyridine rings is 2. The molecule has 0 unspecified atom stereocenters. The number of benzene rings is 2. The summed E-state index contributed by atoms with van der Waals surface area (Å²) >= 11 is 0. The maximum atomic E-state index is 13.3. The molecule has 0 bridgehead atoms. The zero-order valence-corrected chi connectivity index (χ0v) is 19.9. The fraction of sp³-hybridized carbons (Fsp3) is 0.276. The molecule has 1 aliphatic rings. The van der Waals surface area contributed by atoms with E-state index in [0.29, 0.717) is 29.6 Å². The number of nitrogens with zero attached hydrogens (tertiary/aromatic N) is 3. The average molecular weight is 468 g/mol. The Bertz CT molecular complexity index is 1300. The van der Waals surface area contributed by atoms with Gasteiger partial charge < -0.3 is 14.4 Å². The normalized spacial score (nSPS) is 14.1. The summed E-state index contributed by atoms with van der Waals surface area (Å²) in [5.74, 6) is 1.71. The Morgan fingerprint density at radius 2 is 1.77 bits per heavy atom. The molecule has 1 saturated heterocycles. The van der Waals surface area contributed by atoms with Crippen LogP contribution in [0.25, 0.3) is 10.9 Å². The van der Waals surface area contributed by atoms with Crippen LogP contribution in [0.3, 0.4) is 0 Å². The number of aromatic nitrogens is 2. The molecular weight excluding hydrogens is 438 g/mol. The van der Waals surface area contributed by atoms with Crippen molar-refractivity contribution in [1.29, 1.82) is 0 Å². The van der Waals surface area contributed by atoms with Crippen molar-refractivity contribution in [2.24, 2.45) is 5.92 Å². The fourth-order valence-corrected chi connectivity index (χ4v) is 4.72. The van der Waals surface area contributed by atoms with Crippen molar-refractivity contribution >= 4 is 16.8 Å². The molecule has 1 amide bonds. The number of carbonyl (C=O) groups excluding carboxylic acids is 1. The second-order valence-corrected chi connectivity index (χ2v) is 8.91. The van der Waals surface area contributed by atoms with Crippen LogP contribution in [0.4, 0.5) is 0 Å². The Hall–Kier alpha value is -3.93. The number of amides is 1. The van der Waals surface area contributed by atoms with Crippen LogP contribution in [0.15, 0.2) is 79.1 Å². The van der Waals surface area contributed by atoms with E-state index in [-0.39, 0.29) is 5.91 Å². The van der Waals surface area contributed by atoms with Gasteiger partial charge in [0.05, 0.1) is 18.3 Å². The van der Waals surface area contributed by atoms with Crippen molar-refractivity contribution in [3.05, 3.63) is 95.9 Å². The first-order valence-corrected chi connectivity index (χ1v) is 12.0. The second-order valence-electron chi connectivity index (χ2n) is 8.91. The summed E-state index contributed by atoms with van der Waals surface area (Å²) in [5.41, 5.74) is 3.80. The van der Waals surface area contributed by atoms with Gasteiger partial charge in [0.1, 0.15) is 6.61 Å². The lowest BCUT2D eigenvalue weighted by molar-refractivity contribution is 0.0690. The Balaban J connectivity index is 1.22. The molecule has 178 valence electrons. The first-order chi connectivity index (χ1) is 17.2. The molecule has 2 aromatic heterocycles. The summed E-state index contributed by atoms with van der Waals surface area (Å²) in [6.45, 7) is 1.80. The number of fused-ring (bicyclic) bond motifs is 1. The Kier molecular flexibility index (Phi) is 6.89.